The second-order valence-corrected chi connectivity index (χ2v) is 8.34. The fraction of sp³-hybridized carbons (Fsp3) is 0.158. The summed E-state index contributed by atoms with van der Waals surface area (Å²) in [6.45, 7) is 0. The van der Waals surface area contributed by atoms with E-state index in [1.165, 1.54) is 4.68 Å². The van der Waals surface area contributed by atoms with Crippen molar-refractivity contribution >= 4 is 64.4 Å². The lowest BCUT2D eigenvalue weighted by atomic mass is 10.2. The quantitative estimate of drug-likeness (QED) is 0.196. The molecule has 1 amide bonds. The van der Waals surface area contributed by atoms with Gasteiger partial charge in [0.2, 0.25) is 11.1 Å². The lowest BCUT2D eigenvalue weighted by Crippen LogP contribution is -2.16. The Morgan fingerprint density at radius 2 is 1.87 bits per heavy atom. The molecule has 31 heavy (non-hydrogen) atoms. The van der Waals surface area contributed by atoms with E-state index in [2.05, 4.69) is 26.0 Å². The van der Waals surface area contributed by atoms with Gasteiger partial charge in [0.25, 0.3) is 5.95 Å². The van der Waals surface area contributed by atoms with E-state index in [0.29, 0.717) is 20.9 Å². The third-order valence-corrected chi connectivity index (χ3v) is 5.31. The maximum Gasteiger partial charge on any atom is 0.264 e. The minimum atomic E-state index is -0.264. The zero-order valence-electron chi connectivity index (χ0n) is 16.7. The molecule has 1 heterocycles. The van der Waals surface area contributed by atoms with Crippen LogP contribution in [0.5, 0.6) is 0 Å². The van der Waals surface area contributed by atoms with Crippen LogP contribution in [-0.2, 0) is 4.79 Å². The molecule has 0 unspecified atom stereocenters. The van der Waals surface area contributed by atoms with Crippen molar-refractivity contribution in [1.29, 1.82) is 0 Å². The molecule has 2 aromatic carbocycles. The first-order chi connectivity index (χ1) is 14.8. The standard InChI is InChI=1S/C19H20Cl2N8OS/c1-28(2)16-5-3-12(4-6-16)10-23-25-18-26-27-19(29(18)22)31-11-17(30)24-15-8-13(20)7-14(21)9-15/h3-10H,11,22H2,1-2H3,(H,24,30)(H,25,26)/b23-10+. The molecular weight excluding hydrogens is 459 g/mol. The van der Waals surface area contributed by atoms with E-state index in [1.54, 1.807) is 24.4 Å². The zero-order chi connectivity index (χ0) is 22.4. The van der Waals surface area contributed by atoms with Crippen molar-refractivity contribution in [2.45, 2.75) is 5.16 Å². The number of benzene rings is 2. The molecular formula is C19H20Cl2N8OS. The summed E-state index contributed by atoms with van der Waals surface area (Å²) in [7, 11) is 3.95. The molecule has 3 rings (SSSR count). The molecule has 0 atom stereocenters. The van der Waals surface area contributed by atoms with Crippen LogP contribution in [0.2, 0.25) is 10.0 Å². The summed E-state index contributed by atoms with van der Waals surface area (Å²) in [6, 6.07) is 12.7. The molecule has 0 aliphatic carbocycles. The molecule has 162 valence electrons. The van der Waals surface area contributed by atoms with Crippen LogP contribution in [0.4, 0.5) is 17.3 Å². The average molecular weight is 479 g/mol. The van der Waals surface area contributed by atoms with Crippen LogP contribution in [0.1, 0.15) is 5.56 Å². The Labute approximate surface area is 193 Å². The third-order valence-electron chi connectivity index (χ3n) is 3.93. The van der Waals surface area contributed by atoms with E-state index < -0.39 is 0 Å². The summed E-state index contributed by atoms with van der Waals surface area (Å²) in [6.07, 6.45) is 1.64. The smallest absolute Gasteiger partial charge is 0.264 e. The van der Waals surface area contributed by atoms with Gasteiger partial charge in [-0.25, -0.2) is 10.1 Å². The molecule has 0 saturated carbocycles. The maximum absolute atomic E-state index is 12.2. The van der Waals surface area contributed by atoms with Crippen LogP contribution >= 0.6 is 35.0 Å². The Morgan fingerprint density at radius 1 is 1.19 bits per heavy atom. The minimum Gasteiger partial charge on any atom is -0.378 e. The number of nitrogens with zero attached hydrogens (tertiary/aromatic N) is 5. The summed E-state index contributed by atoms with van der Waals surface area (Å²) in [5.41, 5.74) is 5.25. The van der Waals surface area contributed by atoms with Crippen LogP contribution in [0, 0.1) is 0 Å². The van der Waals surface area contributed by atoms with Gasteiger partial charge in [-0.05, 0) is 35.9 Å². The number of hydrazone groups is 1. The second-order valence-electron chi connectivity index (χ2n) is 6.53. The van der Waals surface area contributed by atoms with Crippen molar-refractivity contribution in [2.24, 2.45) is 5.10 Å². The summed E-state index contributed by atoms with van der Waals surface area (Å²) >= 11 is 13.0. The van der Waals surface area contributed by atoms with Gasteiger partial charge in [0.15, 0.2) is 0 Å². The number of nitrogens with one attached hydrogen (secondary N) is 2. The molecule has 4 N–H and O–H groups in total. The van der Waals surface area contributed by atoms with Gasteiger partial charge < -0.3 is 16.1 Å². The first-order valence-electron chi connectivity index (χ1n) is 8.97. The molecule has 0 aliphatic heterocycles. The zero-order valence-corrected chi connectivity index (χ0v) is 19.0. The highest BCUT2D eigenvalue weighted by atomic mass is 35.5. The molecule has 0 aliphatic rings. The number of anilines is 3. The summed E-state index contributed by atoms with van der Waals surface area (Å²) < 4.78 is 1.22. The van der Waals surface area contributed by atoms with E-state index in [0.717, 1.165) is 23.0 Å². The Bertz CT molecular complexity index is 1060. The van der Waals surface area contributed by atoms with Crippen molar-refractivity contribution < 1.29 is 4.79 Å². The number of thioether (sulfide) groups is 1. The average Bonchev–Trinajstić information content (AvgIpc) is 3.05. The first kappa shape index (κ1) is 22.7. The van der Waals surface area contributed by atoms with Crippen molar-refractivity contribution in [3.8, 4) is 0 Å². The molecule has 0 bridgehead atoms. The molecule has 0 saturated heterocycles. The first-order valence-corrected chi connectivity index (χ1v) is 10.7. The van der Waals surface area contributed by atoms with Crippen LogP contribution < -0.4 is 21.5 Å². The second kappa shape index (κ2) is 10.4. The Hall–Kier alpha value is -2.95. The van der Waals surface area contributed by atoms with Gasteiger partial charge in [0, 0.05) is 35.5 Å². The SMILES string of the molecule is CN(C)c1ccc(/C=N/Nc2nnc(SCC(=O)Nc3cc(Cl)cc(Cl)c3)n2N)cc1. The predicted octanol–water partition coefficient (Wildman–Crippen LogP) is 3.54. The Balaban J connectivity index is 1.53. The molecule has 9 nitrogen and oxygen atoms in total. The fourth-order valence-electron chi connectivity index (χ4n) is 2.43. The molecule has 3 aromatic rings. The highest BCUT2D eigenvalue weighted by molar-refractivity contribution is 7.99. The highest BCUT2D eigenvalue weighted by Crippen LogP contribution is 2.23. The van der Waals surface area contributed by atoms with E-state index in [-0.39, 0.29) is 17.6 Å². The van der Waals surface area contributed by atoms with Gasteiger partial charge in [0.05, 0.1) is 12.0 Å². The Morgan fingerprint density at radius 3 is 2.52 bits per heavy atom. The monoisotopic (exact) mass is 478 g/mol. The number of hydrogen-bond acceptors (Lipinski definition) is 8. The lowest BCUT2D eigenvalue weighted by molar-refractivity contribution is -0.113. The van der Waals surface area contributed by atoms with Gasteiger partial charge >= 0.3 is 0 Å². The van der Waals surface area contributed by atoms with Gasteiger partial charge in [0.1, 0.15) is 0 Å². The largest absolute Gasteiger partial charge is 0.378 e. The normalized spacial score (nSPS) is 11.0. The van der Waals surface area contributed by atoms with Crippen LogP contribution in [0.15, 0.2) is 52.7 Å². The molecule has 12 heteroatoms. The number of hydrogen-bond donors (Lipinski definition) is 3. The van der Waals surface area contributed by atoms with Gasteiger partial charge in [-0.1, -0.05) is 47.1 Å². The van der Waals surface area contributed by atoms with Gasteiger partial charge in [-0.3, -0.25) is 4.79 Å². The van der Waals surface area contributed by atoms with Crippen molar-refractivity contribution in [1.82, 2.24) is 14.9 Å². The number of halogens is 2. The van der Waals surface area contributed by atoms with Crippen molar-refractivity contribution in [2.75, 3.05) is 41.3 Å². The molecule has 0 radical (unpaired) electrons. The summed E-state index contributed by atoms with van der Waals surface area (Å²) in [5, 5.41) is 16.0. The van der Waals surface area contributed by atoms with Crippen LogP contribution in [-0.4, -0.2) is 46.8 Å². The topological polar surface area (TPSA) is 113 Å². The number of carbonyl (C=O) groups excluding carboxylic acids is 1. The third kappa shape index (κ3) is 6.51. The van der Waals surface area contributed by atoms with E-state index >= 15 is 0 Å². The number of carbonyl (C=O) groups is 1. The predicted molar refractivity (Wildman–Crippen MR) is 128 cm³/mol. The van der Waals surface area contributed by atoms with Crippen LogP contribution in [0.3, 0.4) is 0 Å². The van der Waals surface area contributed by atoms with Gasteiger partial charge in [-0.2, -0.15) is 5.10 Å². The number of aromatic nitrogens is 3. The van der Waals surface area contributed by atoms with Gasteiger partial charge in [-0.15, -0.1) is 10.2 Å². The Kier molecular flexibility index (Phi) is 7.61. The molecule has 1 aromatic heterocycles. The molecule has 0 spiro atoms. The number of rotatable bonds is 8. The highest BCUT2D eigenvalue weighted by Gasteiger charge is 2.12. The molecule has 0 fully saturated rings. The number of nitrogens with two attached hydrogens (primary N) is 1. The van der Waals surface area contributed by atoms with Crippen molar-refractivity contribution in [3.05, 3.63) is 58.1 Å². The summed E-state index contributed by atoms with van der Waals surface area (Å²) in [4.78, 5) is 14.2. The van der Waals surface area contributed by atoms with Crippen LogP contribution in [0.25, 0.3) is 0 Å². The minimum absolute atomic E-state index is 0.0704. The fourth-order valence-corrected chi connectivity index (χ4v) is 3.61. The van der Waals surface area contributed by atoms with E-state index in [1.807, 2.05) is 43.3 Å². The number of nitrogen functional groups attached to an aromatic ring is 1. The van der Waals surface area contributed by atoms with Crippen molar-refractivity contribution in [3.63, 3.8) is 0 Å². The van der Waals surface area contributed by atoms with E-state index in [9.17, 15) is 4.79 Å². The lowest BCUT2D eigenvalue weighted by Gasteiger charge is -2.11. The maximum atomic E-state index is 12.2. The van der Waals surface area contributed by atoms with E-state index in [4.69, 9.17) is 29.0 Å². The number of amides is 1. The summed E-state index contributed by atoms with van der Waals surface area (Å²) in [5.74, 6) is 6.02.